The molecule has 1 saturated heterocycles. The zero-order chi connectivity index (χ0) is 16.9. The normalized spacial score (nSPS) is 38.7. The van der Waals surface area contributed by atoms with Crippen LogP contribution in [0.1, 0.15) is 34.6 Å². The predicted octanol–water partition coefficient (Wildman–Crippen LogP) is 2.19. The van der Waals surface area contributed by atoms with Crippen LogP contribution in [-0.4, -0.2) is 54.8 Å². The SMILES string of the molecule is CC1(C)O[C@@H]2[C@@H](O1)[C@H](O)[C@H](O)C=C[C@H]2O[Si](C)(C)C(C)(C)C. The summed E-state index contributed by atoms with van der Waals surface area (Å²) in [5, 5.41) is 20.4. The molecule has 1 heterocycles. The third-order valence-electron chi connectivity index (χ3n) is 4.91. The third-order valence-corrected chi connectivity index (χ3v) is 9.38. The molecule has 5 atom stereocenters. The highest BCUT2D eigenvalue weighted by atomic mass is 28.4. The number of ether oxygens (including phenoxy) is 2. The van der Waals surface area contributed by atoms with E-state index in [2.05, 4.69) is 33.9 Å². The lowest BCUT2D eigenvalue weighted by molar-refractivity contribution is -0.163. The van der Waals surface area contributed by atoms with Crippen molar-refractivity contribution in [2.75, 3.05) is 0 Å². The van der Waals surface area contributed by atoms with E-state index in [4.69, 9.17) is 13.9 Å². The maximum Gasteiger partial charge on any atom is 0.193 e. The van der Waals surface area contributed by atoms with Gasteiger partial charge in [-0.3, -0.25) is 0 Å². The van der Waals surface area contributed by atoms with E-state index in [1.807, 2.05) is 19.9 Å². The van der Waals surface area contributed by atoms with Crippen LogP contribution in [0.4, 0.5) is 0 Å². The summed E-state index contributed by atoms with van der Waals surface area (Å²) >= 11 is 0. The van der Waals surface area contributed by atoms with Crippen LogP contribution in [-0.2, 0) is 13.9 Å². The van der Waals surface area contributed by atoms with Crippen LogP contribution >= 0.6 is 0 Å². The lowest BCUT2D eigenvalue weighted by Crippen LogP contribution is -2.50. The smallest absolute Gasteiger partial charge is 0.193 e. The lowest BCUT2D eigenvalue weighted by atomic mass is 10.0. The zero-order valence-corrected chi connectivity index (χ0v) is 15.7. The first-order valence-electron chi connectivity index (χ1n) is 7.92. The molecule has 1 fully saturated rings. The van der Waals surface area contributed by atoms with Gasteiger partial charge in [0, 0.05) is 0 Å². The van der Waals surface area contributed by atoms with Gasteiger partial charge in [0.15, 0.2) is 14.1 Å². The average Bonchev–Trinajstić information content (AvgIpc) is 2.63. The summed E-state index contributed by atoms with van der Waals surface area (Å²) in [5.41, 5.74) is 0. The second-order valence-corrected chi connectivity index (χ2v) is 13.0. The standard InChI is InChI=1S/C16H30O5Si/c1-15(2,3)22(6,7)21-11-9-8-10(17)12(18)14-13(11)19-16(4,5)20-14/h8-14,17-18H,1-7H3/t10-,11-,12-,13+,14+/m1/s1. The predicted molar refractivity (Wildman–Crippen MR) is 87.0 cm³/mol. The monoisotopic (exact) mass is 330 g/mol. The molecule has 0 radical (unpaired) electrons. The second-order valence-electron chi connectivity index (χ2n) is 8.27. The fourth-order valence-corrected chi connectivity index (χ4v) is 3.85. The van der Waals surface area contributed by atoms with Crippen LogP contribution < -0.4 is 0 Å². The molecule has 2 N–H and O–H groups in total. The van der Waals surface area contributed by atoms with Gasteiger partial charge >= 0.3 is 0 Å². The minimum absolute atomic E-state index is 0.0643. The molecule has 0 saturated carbocycles. The van der Waals surface area contributed by atoms with Crippen molar-refractivity contribution in [3.8, 4) is 0 Å². The van der Waals surface area contributed by atoms with E-state index in [1.54, 1.807) is 6.08 Å². The van der Waals surface area contributed by atoms with Crippen LogP contribution in [0.5, 0.6) is 0 Å². The largest absolute Gasteiger partial charge is 0.408 e. The van der Waals surface area contributed by atoms with Crippen molar-refractivity contribution in [1.29, 1.82) is 0 Å². The fraction of sp³-hybridized carbons (Fsp3) is 0.875. The Labute approximate surface area is 134 Å². The number of hydrogen-bond donors (Lipinski definition) is 2. The van der Waals surface area contributed by atoms with Crippen molar-refractivity contribution < 1.29 is 24.1 Å². The average molecular weight is 330 g/mol. The highest BCUT2D eigenvalue weighted by Crippen LogP contribution is 2.41. The second kappa shape index (κ2) is 5.68. The number of hydrogen-bond acceptors (Lipinski definition) is 5. The zero-order valence-electron chi connectivity index (χ0n) is 14.7. The minimum Gasteiger partial charge on any atom is -0.408 e. The van der Waals surface area contributed by atoms with E-state index in [0.717, 1.165) is 0 Å². The summed E-state index contributed by atoms with van der Waals surface area (Å²) in [4.78, 5) is 0. The fourth-order valence-electron chi connectivity index (χ4n) is 2.60. The number of fused-ring (bicyclic) bond motifs is 1. The van der Waals surface area contributed by atoms with Crippen molar-refractivity contribution >= 4 is 8.32 Å². The highest BCUT2D eigenvalue weighted by molar-refractivity contribution is 6.74. The first kappa shape index (κ1) is 18.1. The van der Waals surface area contributed by atoms with Gasteiger partial charge in [0.2, 0.25) is 0 Å². The summed E-state index contributed by atoms with van der Waals surface area (Å²) in [6, 6.07) is 0. The highest BCUT2D eigenvalue weighted by Gasteiger charge is 2.52. The number of aliphatic hydroxyl groups excluding tert-OH is 2. The minimum atomic E-state index is -2.02. The van der Waals surface area contributed by atoms with Crippen LogP contribution in [0, 0.1) is 0 Å². The lowest BCUT2D eigenvalue weighted by Gasteiger charge is -2.40. The molecule has 22 heavy (non-hydrogen) atoms. The summed E-state index contributed by atoms with van der Waals surface area (Å²) in [6.07, 6.45) is 0.0421. The molecule has 0 unspecified atom stereocenters. The molecule has 0 aromatic carbocycles. The molecule has 2 rings (SSSR count). The van der Waals surface area contributed by atoms with Crippen molar-refractivity contribution in [2.24, 2.45) is 0 Å². The van der Waals surface area contributed by atoms with E-state index in [-0.39, 0.29) is 11.1 Å². The van der Waals surface area contributed by atoms with Crippen LogP contribution in [0.25, 0.3) is 0 Å². The van der Waals surface area contributed by atoms with E-state index < -0.39 is 38.5 Å². The van der Waals surface area contributed by atoms with Crippen LogP contribution in [0.3, 0.4) is 0 Å². The Balaban J connectivity index is 2.28. The molecule has 1 aliphatic heterocycles. The summed E-state index contributed by atoms with van der Waals surface area (Å²) < 4.78 is 18.2. The Kier molecular flexibility index (Phi) is 4.68. The summed E-state index contributed by atoms with van der Waals surface area (Å²) in [5.74, 6) is -0.795. The van der Waals surface area contributed by atoms with Crippen LogP contribution in [0.2, 0.25) is 18.1 Å². The quantitative estimate of drug-likeness (QED) is 0.600. The number of rotatable bonds is 2. The van der Waals surface area contributed by atoms with Gasteiger partial charge in [-0.15, -0.1) is 0 Å². The Bertz CT molecular complexity index is 440. The molecular formula is C16H30O5Si. The van der Waals surface area contributed by atoms with E-state index in [1.165, 1.54) is 0 Å². The molecule has 0 aromatic rings. The van der Waals surface area contributed by atoms with Gasteiger partial charge in [-0.05, 0) is 32.0 Å². The van der Waals surface area contributed by atoms with Crippen molar-refractivity contribution in [2.45, 2.75) is 89.1 Å². The molecule has 6 heteroatoms. The van der Waals surface area contributed by atoms with E-state index in [9.17, 15) is 10.2 Å². The van der Waals surface area contributed by atoms with Crippen molar-refractivity contribution in [3.63, 3.8) is 0 Å². The topological polar surface area (TPSA) is 68.2 Å². The Hall–Kier alpha value is -0.243. The van der Waals surface area contributed by atoms with E-state index in [0.29, 0.717) is 0 Å². The van der Waals surface area contributed by atoms with Gasteiger partial charge in [-0.25, -0.2) is 0 Å². The molecular weight excluding hydrogens is 300 g/mol. The number of aliphatic hydroxyl groups is 2. The first-order chi connectivity index (χ1) is 9.84. The first-order valence-corrected chi connectivity index (χ1v) is 10.8. The van der Waals surface area contributed by atoms with Crippen molar-refractivity contribution in [3.05, 3.63) is 12.2 Å². The molecule has 128 valence electrons. The van der Waals surface area contributed by atoms with E-state index >= 15 is 0 Å². The van der Waals surface area contributed by atoms with Gasteiger partial charge in [-0.2, -0.15) is 0 Å². The van der Waals surface area contributed by atoms with Gasteiger partial charge < -0.3 is 24.1 Å². The Morgan fingerprint density at radius 2 is 1.59 bits per heavy atom. The molecule has 0 amide bonds. The molecule has 0 spiro atoms. The molecule has 0 aromatic heterocycles. The van der Waals surface area contributed by atoms with Gasteiger partial charge in [0.25, 0.3) is 0 Å². The van der Waals surface area contributed by atoms with Crippen molar-refractivity contribution in [1.82, 2.24) is 0 Å². The summed E-state index contributed by atoms with van der Waals surface area (Å²) in [6.45, 7) is 14.5. The molecule has 1 aliphatic carbocycles. The van der Waals surface area contributed by atoms with Gasteiger partial charge in [0.05, 0.1) is 6.10 Å². The summed E-state index contributed by atoms with van der Waals surface area (Å²) in [7, 11) is -2.02. The van der Waals surface area contributed by atoms with Crippen LogP contribution in [0.15, 0.2) is 12.2 Å². The van der Waals surface area contributed by atoms with Gasteiger partial charge in [0.1, 0.15) is 24.4 Å². The maximum absolute atomic E-state index is 10.3. The third kappa shape index (κ3) is 3.47. The molecule has 2 aliphatic rings. The molecule has 0 bridgehead atoms. The Morgan fingerprint density at radius 3 is 2.14 bits per heavy atom. The molecule has 5 nitrogen and oxygen atoms in total. The van der Waals surface area contributed by atoms with Gasteiger partial charge in [-0.1, -0.05) is 32.9 Å². The Morgan fingerprint density at radius 1 is 1.05 bits per heavy atom. The maximum atomic E-state index is 10.3.